The maximum absolute atomic E-state index is 12.8. The molecule has 1 heterocycles. The number of sulfonamides is 1. The third-order valence-electron chi connectivity index (χ3n) is 5.23. The molecule has 0 radical (unpaired) electrons. The van der Waals surface area contributed by atoms with Crippen molar-refractivity contribution >= 4 is 44.8 Å². The van der Waals surface area contributed by atoms with Gasteiger partial charge in [-0.25, -0.2) is 8.42 Å². The molecule has 30 heavy (non-hydrogen) atoms. The number of halogens is 2. The van der Waals surface area contributed by atoms with E-state index < -0.39 is 10.0 Å². The Morgan fingerprint density at radius 3 is 2.37 bits per heavy atom. The van der Waals surface area contributed by atoms with E-state index in [2.05, 4.69) is 4.90 Å². The molecular formula is C21H25Cl2N3O3S. The first-order valence-electron chi connectivity index (χ1n) is 9.62. The third-order valence-corrected chi connectivity index (χ3v) is 7.03. The molecule has 2 aromatic rings. The molecule has 1 saturated heterocycles. The average Bonchev–Trinajstić information content (AvgIpc) is 2.70. The molecule has 0 aromatic heterocycles. The summed E-state index contributed by atoms with van der Waals surface area (Å²) in [5, 5.41) is 1.15. The largest absolute Gasteiger partial charge is 0.368 e. The van der Waals surface area contributed by atoms with Crippen LogP contribution in [-0.2, 0) is 21.4 Å². The number of benzene rings is 2. The van der Waals surface area contributed by atoms with E-state index in [-0.39, 0.29) is 19.0 Å². The van der Waals surface area contributed by atoms with E-state index in [4.69, 9.17) is 23.2 Å². The summed E-state index contributed by atoms with van der Waals surface area (Å²) in [6.45, 7) is 4.25. The van der Waals surface area contributed by atoms with Gasteiger partial charge in [0, 0.05) is 48.5 Å². The highest BCUT2D eigenvalue weighted by Crippen LogP contribution is 2.25. The van der Waals surface area contributed by atoms with Crippen molar-refractivity contribution in [3.05, 3.63) is 63.6 Å². The summed E-state index contributed by atoms with van der Waals surface area (Å²) in [7, 11) is -3.58. The van der Waals surface area contributed by atoms with Crippen LogP contribution in [0.1, 0.15) is 11.1 Å². The molecular weight excluding hydrogens is 445 g/mol. The van der Waals surface area contributed by atoms with E-state index in [0.29, 0.717) is 41.8 Å². The number of anilines is 1. The Labute approximate surface area is 188 Å². The SMILES string of the molecule is Cc1ccc(Cl)cc1N1CCN(C(=O)CN(Cc2ccccc2Cl)S(C)(=O)=O)CC1. The Balaban J connectivity index is 1.64. The fourth-order valence-corrected chi connectivity index (χ4v) is 4.56. The smallest absolute Gasteiger partial charge is 0.238 e. The van der Waals surface area contributed by atoms with Gasteiger partial charge in [0.1, 0.15) is 0 Å². The summed E-state index contributed by atoms with van der Waals surface area (Å²) in [5.41, 5.74) is 2.85. The van der Waals surface area contributed by atoms with Crippen molar-refractivity contribution in [3.63, 3.8) is 0 Å². The molecule has 0 N–H and O–H groups in total. The third kappa shape index (κ3) is 5.66. The summed E-state index contributed by atoms with van der Waals surface area (Å²) >= 11 is 12.3. The minimum absolute atomic E-state index is 0.0614. The number of carbonyl (C=O) groups is 1. The second kappa shape index (κ2) is 9.56. The number of rotatable bonds is 6. The first-order chi connectivity index (χ1) is 14.1. The Morgan fingerprint density at radius 2 is 1.73 bits per heavy atom. The lowest BCUT2D eigenvalue weighted by Crippen LogP contribution is -2.51. The standard InChI is InChI=1S/C21H25Cl2N3O3S/c1-16-7-8-18(22)13-20(16)24-9-11-25(12-10-24)21(27)15-26(30(2,28)29)14-17-5-3-4-6-19(17)23/h3-8,13H,9-12,14-15H2,1-2H3. The fraction of sp³-hybridized carbons (Fsp3) is 0.381. The molecule has 9 heteroatoms. The van der Waals surface area contributed by atoms with E-state index in [0.717, 1.165) is 17.5 Å². The van der Waals surface area contributed by atoms with Gasteiger partial charge in [0.25, 0.3) is 0 Å². The summed E-state index contributed by atoms with van der Waals surface area (Å²) < 4.78 is 25.7. The minimum Gasteiger partial charge on any atom is -0.368 e. The molecule has 1 amide bonds. The lowest BCUT2D eigenvalue weighted by molar-refractivity contribution is -0.131. The zero-order valence-corrected chi connectivity index (χ0v) is 19.3. The van der Waals surface area contributed by atoms with Gasteiger partial charge in [-0.2, -0.15) is 4.31 Å². The predicted octanol–water partition coefficient (Wildman–Crippen LogP) is 3.41. The highest BCUT2D eigenvalue weighted by atomic mass is 35.5. The van der Waals surface area contributed by atoms with Crippen LogP contribution < -0.4 is 4.90 Å². The topological polar surface area (TPSA) is 60.9 Å². The molecule has 0 unspecified atom stereocenters. The van der Waals surface area contributed by atoms with Crippen LogP contribution in [0.25, 0.3) is 0 Å². The number of aryl methyl sites for hydroxylation is 1. The first-order valence-corrected chi connectivity index (χ1v) is 12.2. The number of nitrogens with zero attached hydrogens (tertiary/aromatic N) is 3. The molecule has 1 aliphatic rings. The van der Waals surface area contributed by atoms with Crippen LogP contribution in [0.2, 0.25) is 10.0 Å². The predicted molar refractivity (Wildman–Crippen MR) is 122 cm³/mol. The molecule has 0 spiro atoms. The normalized spacial score (nSPS) is 15.0. The second-order valence-electron chi connectivity index (χ2n) is 7.42. The fourth-order valence-electron chi connectivity index (χ4n) is 3.48. The van der Waals surface area contributed by atoms with E-state index in [1.165, 1.54) is 4.31 Å². The van der Waals surface area contributed by atoms with E-state index in [1.807, 2.05) is 25.1 Å². The number of carbonyl (C=O) groups excluding carboxylic acids is 1. The number of hydrogen-bond donors (Lipinski definition) is 0. The van der Waals surface area contributed by atoms with Crippen molar-refractivity contribution in [1.82, 2.24) is 9.21 Å². The van der Waals surface area contributed by atoms with Gasteiger partial charge in [-0.1, -0.05) is 47.5 Å². The zero-order valence-electron chi connectivity index (χ0n) is 17.0. The molecule has 1 aliphatic heterocycles. The van der Waals surface area contributed by atoms with Crippen LogP contribution in [0.4, 0.5) is 5.69 Å². The lowest BCUT2D eigenvalue weighted by atomic mass is 10.1. The van der Waals surface area contributed by atoms with Gasteiger partial charge in [0.05, 0.1) is 12.8 Å². The second-order valence-corrected chi connectivity index (χ2v) is 10.2. The highest BCUT2D eigenvalue weighted by Gasteiger charge is 2.27. The van der Waals surface area contributed by atoms with Crippen LogP contribution in [-0.4, -0.2) is 62.5 Å². The molecule has 162 valence electrons. The molecule has 6 nitrogen and oxygen atoms in total. The van der Waals surface area contributed by atoms with Gasteiger partial charge < -0.3 is 9.80 Å². The quantitative estimate of drug-likeness (QED) is 0.650. The monoisotopic (exact) mass is 469 g/mol. The van der Waals surface area contributed by atoms with Crippen LogP contribution in [0.5, 0.6) is 0 Å². The van der Waals surface area contributed by atoms with Crippen molar-refractivity contribution in [2.24, 2.45) is 0 Å². The van der Waals surface area contributed by atoms with Crippen molar-refractivity contribution in [1.29, 1.82) is 0 Å². The van der Waals surface area contributed by atoms with E-state index in [1.54, 1.807) is 29.2 Å². The van der Waals surface area contributed by atoms with Crippen molar-refractivity contribution in [2.75, 3.05) is 43.9 Å². The highest BCUT2D eigenvalue weighted by molar-refractivity contribution is 7.88. The summed E-state index contributed by atoms with van der Waals surface area (Å²) in [6, 6.07) is 12.8. The maximum atomic E-state index is 12.8. The van der Waals surface area contributed by atoms with Gasteiger partial charge in [-0.05, 0) is 36.2 Å². The Kier molecular flexibility index (Phi) is 7.29. The molecule has 0 saturated carbocycles. The van der Waals surface area contributed by atoms with Crippen molar-refractivity contribution < 1.29 is 13.2 Å². The van der Waals surface area contributed by atoms with Gasteiger partial charge in [-0.3, -0.25) is 4.79 Å². The van der Waals surface area contributed by atoms with Gasteiger partial charge in [-0.15, -0.1) is 0 Å². The Bertz CT molecular complexity index is 1020. The Morgan fingerprint density at radius 1 is 1.07 bits per heavy atom. The van der Waals surface area contributed by atoms with Crippen molar-refractivity contribution in [2.45, 2.75) is 13.5 Å². The molecule has 0 atom stereocenters. The van der Waals surface area contributed by atoms with E-state index in [9.17, 15) is 13.2 Å². The molecule has 1 fully saturated rings. The molecule has 2 aromatic carbocycles. The van der Waals surface area contributed by atoms with Gasteiger partial charge in [0.2, 0.25) is 15.9 Å². The summed E-state index contributed by atoms with van der Waals surface area (Å²) in [6.07, 6.45) is 1.11. The maximum Gasteiger partial charge on any atom is 0.238 e. The van der Waals surface area contributed by atoms with Crippen molar-refractivity contribution in [3.8, 4) is 0 Å². The minimum atomic E-state index is -3.58. The molecule has 0 aliphatic carbocycles. The number of piperazine rings is 1. The zero-order chi connectivity index (χ0) is 21.9. The van der Waals surface area contributed by atoms with Crippen LogP contribution in [0, 0.1) is 6.92 Å². The molecule has 0 bridgehead atoms. The molecule has 3 rings (SSSR count). The van der Waals surface area contributed by atoms with Crippen LogP contribution in [0.3, 0.4) is 0 Å². The lowest BCUT2D eigenvalue weighted by Gasteiger charge is -2.37. The van der Waals surface area contributed by atoms with Gasteiger partial charge in [0.15, 0.2) is 0 Å². The van der Waals surface area contributed by atoms with Crippen LogP contribution >= 0.6 is 23.2 Å². The van der Waals surface area contributed by atoms with Gasteiger partial charge >= 0.3 is 0 Å². The number of hydrogen-bond acceptors (Lipinski definition) is 4. The Hall–Kier alpha value is -1.80. The van der Waals surface area contributed by atoms with Crippen LogP contribution in [0.15, 0.2) is 42.5 Å². The first kappa shape index (κ1) is 22.9. The summed E-state index contributed by atoms with van der Waals surface area (Å²) in [4.78, 5) is 16.7. The average molecular weight is 470 g/mol. The summed E-state index contributed by atoms with van der Waals surface area (Å²) in [5.74, 6) is -0.213. The number of amides is 1. The van der Waals surface area contributed by atoms with E-state index >= 15 is 0 Å².